The van der Waals surface area contributed by atoms with Crippen molar-refractivity contribution in [3.8, 4) is 5.75 Å². The van der Waals surface area contributed by atoms with Gasteiger partial charge in [0.1, 0.15) is 12.4 Å². The van der Waals surface area contributed by atoms with Crippen molar-refractivity contribution in [2.24, 2.45) is 0 Å². The maximum absolute atomic E-state index is 12.4. The second-order valence-electron chi connectivity index (χ2n) is 4.93. The molecule has 0 bridgehead atoms. The van der Waals surface area contributed by atoms with Crippen molar-refractivity contribution >= 4 is 35.2 Å². The van der Waals surface area contributed by atoms with Gasteiger partial charge in [-0.3, -0.25) is 10.2 Å². The molecular weight excluding hydrogens is 344 g/mol. The molecule has 1 N–H and O–H groups in total. The number of para-hydroxylation sites is 1. The molecule has 0 atom stereocenters. The standard InChI is InChI=1S/C18H19ClN2O4/c1-2-21(15-8-4-3-5-9-15)18(23)25-16-10-6-7-14(13-16)20-17(22)24-12-11-19/h3-10,13H,2,11-12H2,1H3,(H,20,22). The Balaban J connectivity index is 2.03. The van der Waals surface area contributed by atoms with Crippen LogP contribution in [-0.2, 0) is 4.74 Å². The molecular formula is C18H19ClN2O4. The third kappa shape index (κ3) is 5.69. The molecule has 2 aromatic carbocycles. The van der Waals surface area contributed by atoms with Gasteiger partial charge in [-0.1, -0.05) is 24.3 Å². The fourth-order valence-corrected chi connectivity index (χ4v) is 2.18. The summed E-state index contributed by atoms with van der Waals surface area (Å²) < 4.78 is 10.2. The van der Waals surface area contributed by atoms with Crippen molar-refractivity contribution in [2.45, 2.75) is 6.92 Å². The van der Waals surface area contributed by atoms with Crippen LogP contribution in [0.1, 0.15) is 6.92 Å². The third-order valence-corrected chi connectivity index (χ3v) is 3.35. The Kier molecular flexibility index (Phi) is 7.10. The first kappa shape index (κ1) is 18.6. The summed E-state index contributed by atoms with van der Waals surface area (Å²) in [4.78, 5) is 25.4. The topological polar surface area (TPSA) is 67.9 Å². The molecule has 2 amide bonds. The molecule has 0 aliphatic carbocycles. The van der Waals surface area contributed by atoms with Gasteiger partial charge in [-0.25, -0.2) is 9.59 Å². The van der Waals surface area contributed by atoms with Crippen LogP contribution in [0.15, 0.2) is 54.6 Å². The lowest BCUT2D eigenvalue weighted by Crippen LogP contribution is -2.33. The Morgan fingerprint density at radius 1 is 1.12 bits per heavy atom. The molecule has 2 rings (SSSR count). The summed E-state index contributed by atoms with van der Waals surface area (Å²) in [5.41, 5.74) is 1.20. The average molecular weight is 363 g/mol. The molecule has 0 unspecified atom stereocenters. The van der Waals surface area contributed by atoms with Crippen molar-refractivity contribution in [3.05, 3.63) is 54.6 Å². The molecule has 132 valence electrons. The fourth-order valence-electron chi connectivity index (χ4n) is 2.10. The number of hydrogen-bond acceptors (Lipinski definition) is 4. The molecule has 0 aliphatic rings. The molecule has 0 aliphatic heterocycles. The van der Waals surface area contributed by atoms with Crippen LogP contribution in [0.4, 0.5) is 21.0 Å². The molecule has 0 spiro atoms. The number of anilines is 2. The lowest BCUT2D eigenvalue weighted by Gasteiger charge is -2.20. The lowest BCUT2D eigenvalue weighted by atomic mass is 10.3. The van der Waals surface area contributed by atoms with Gasteiger partial charge in [0.15, 0.2) is 0 Å². The van der Waals surface area contributed by atoms with E-state index < -0.39 is 12.2 Å². The van der Waals surface area contributed by atoms with E-state index in [1.54, 1.807) is 24.3 Å². The van der Waals surface area contributed by atoms with Crippen molar-refractivity contribution in [2.75, 3.05) is 29.2 Å². The van der Waals surface area contributed by atoms with Crippen molar-refractivity contribution in [1.29, 1.82) is 0 Å². The Morgan fingerprint density at radius 3 is 2.56 bits per heavy atom. The quantitative estimate of drug-likeness (QED) is 0.768. The lowest BCUT2D eigenvalue weighted by molar-refractivity contribution is 0.168. The molecule has 2 aromatic rings. The van der Waals surface area contributed by atoms with Gasteiger partial charge in [0, 0.05) is 24.0 Å². The van der Waals surface area contributed by atoms with Crippen molar-refractivity contribution < 1.29 is 19.1 Å². The van der Waals surface area contributed by atoms with Crippen LogP contribution >= 0.6 is 11.6 Å². The van der Waals surface area contributed by atoms with Gasteiger partial charge in [-0.2, -0.15) is 0 Å². The average Bonchev–Trinajstić information content (AvgIpc) is 2.62. The minimum absolute atomic E-state index is 0.116. The van der Waals surface area contributed by atoms with E-state index in [4.69, 9.17) is 21.1 Å². The predicted molar refractivity (Wildman–Crippen MR) is 97.6 cm³/mol. The minimum Gasteiger partial charge on any atom is -0.448 e. The first-order valence-corrected chi connectivity index (χ1v) is 8.31. The van der Waals surface area contributed by atoms with Gasteiger partial charge in [0.25, 0.3) is 0 Å². The highest BCUT2D eigenvalue weighted by atomic mass is 35.5. The number of alkyl halides is 1. The summed E-state index contributed by atoms with van der Waals surface area (Å²) in [6.07, 6.45) is -1.13. The SMILES string of the molecule is CCN(C(=O)Oc1cccc(NC(=O)OCCCl)c1)c1ccccc1. The van der Waals surface area contributed by atoms with Crippen LogP contribution < -0.4 is 15.0 Å². The van der Waals surface area contributed by atoms with E-state index in [1.807, 2.05) is 37.3 Å². The third-order valence-electron chi connectivity index (χ3n) is 3.20. The number of rotatable bonds is 6. The van der Waals surface area contributed by atoms with Gasteiger partial charge in [0.2, 0.25) is 0 Å². The Bertz CT molecular complexity index is 709. The van der Waals surface area contributed by atoms with Crippen LogP contribution in [-0.4, -0.2) is 31.2 Å². The first-order chi connectivity index (χ1) is 12.1. The molecule has 0 saturated carbocycles. The molecule has 0 fully saturated rings. The number of nitrogens with one attached hydrogen (secondary N) is 1. The van der Waals surface area contributed by atoms with E-state index in [9.17, 15) is 9.59 Å². The van der Waals surface area contributed by atoms with Gasteiger partial charge in [-0.15, -0.1) is 11.6 Å². The Hall–Kier alpha value is -2.73. The van der Waals surface area contributed by atoms with E-state index in [-0.39, 0.29) is 12.5 Å². The minimum atomic E-state index is -0.622. The number of halogens is 1. The monoisotopic (exact) mass is 362 g/mol. The predicted octanol–water partition coefficient (Wildman–Crippen LogP) is 4.50. The first-order valence-electron chi connectivity index (χ1n) is 7.78. The van der Waals surface area contributed by atoms with Gasteiger partial charge in [-0.05, 0) is 31.2 Å². The number of carbonyl (C=O) groups excluding carboxylic acids is 2. The molecule has 6 nitrogen and oxygen atoms in total. The summed E-state index contributed by atoms with van der Waals surface area (Å²) in [7, 11) is 0. The fraction of sp³-hybridized carbons (Fsp3) is 0.222. The zero-order valence-corrected chi connectivity index (χ0v) is 14.5. The van der Waals surface area contributed by atoms with Gasteiger partial charge >= 0.3 is 12.2 Å². The van der Waals surface area contributed by atoms with Gasteiger partial charge < -0.3 is 9.47 Å². The maximum Gasteiger partial charge on any atom is 0.419 e. The summed E-state index contributed by atoms with van der Waals surface area (Å²) in [6, 6.07) is 15.7. The smallest absolute Gasteiger partial charge is 0.419 e. The Labute approximate surface area is 151 Å². The van der Waals surface area contributed by atoms with E-state index in [0.717, 1.165) is 5.69 Å². The van der Waals surface area contributed by atoms with Crippen LogP contribution in [0.2, 0.25) is 0 Å². The van der Waals surface area contributed by atoms with Crippen molar-refractivity contribution in [3.63, 3.8) is 0 Å². The van der Waals surface area contributed by atoms with Crippen molar-refractivity contribution in [1.82, 2.24) is 0 Å². The summed E-state index contributed by atoms with van der Waals surface area (Å²) in [5.74, 6) is 0.534. The van der Waals surface area contributed by atoms with Gasteiger partial charge in [0.05, 0.1) is 5.88 Å². The largest absolute Gasteiger partial charge is 0.448 e. The highest BCUT2D eigenvalue weighted by Gasteiger charge is 2.16. The highest BCUT2D eigenvalue weighted by molar-refractivity contribution is 6.18. The molecule has 25 heavy (non-hydrogen) atoms. The number of nitrogens with zero attached hydrogens (tertiary/aromatic N) is 1. The molecule has 0 aromatic heterocycles. The molecule has 0 saturated heterocycles. The number of benzene rings is 2. The number of carbonyl (C=O) groups is 2. The van der Waals surface area contributed by atoms with E-state index in [2.05, 4.69) is 5.32 Å². The van der Waals surface area contributed by atoms with E-state index >= 15 is 0 Å². The number of amides is 2. The van der Waals surface area contributed by atoms with Crippen LogP contribution in [0, 0.1) is 0 Å². The highest BCUT2D eigenvalue weighted by Crippen LogP contribution is 2.20. The van der Waals surface area contributed by atoms with Crippen LogP contribution in [0.25, 0.3) is 0 Å². The molecule has 7 heteroatoms. The number of ether oxygens (including phenoxy) is 2. The van der Waals surface area contributed by atoms with Crippen LogP contribution in [0.5, 0.6) is 5.75 Å². The van der Waals surface area contributed by atoms with E-state index in [0.29, 0.717) is 18.0 Å². The normalized spacial score (nSPS) is 10.0. The zero-order chi connectivity index (χ0) is 18.1. The maximum atomic E-state index is 12.4. The summed E-state index contributed by atoms with van der Waals surface area (Å²) in [6.45, 7) is 2.44. The zero-order valence-electron chi connectivity index (χ0n) is 13.8. The second-order valence-corrected chi connectivity index (χ2v) is 5.30. The van der Waals surface area contributed by atoms with E-state index in [1.165, 1.54) is 4.90 Å². The summed E-state index contributed by atoms with van der Waals surface area (Å²) in [5, 5.41) is 2.54. The molecule has 0 heterocycles. The number of hydrogen-bond donors (Lipinski definition) is 1. The van der Waals surface area contributed by atoms with Crippen LogP contribution in [0.3, 0.4) is 0 Å². The molecule has 0 radical (unpaired) electrons. The summed E-state index contributed by atoms with van der Waals surface area (Å²) >= 11 is 5.46. The second kappa shape index (κ2) is 9.54. The Morgan fingerprint density at radius 2 is 1.88 bits per heavy atom.